The van der Waals surface area contributed by atoms with Crippen LogP contribution in [0.5, 0.6) is 0 Å². The molecule has 2 aliphatic rings. The fourth-order valence-corrected chi connectivity index (χ4v) is 3.36. The minimum absolute atomic E-state index is 0.0523. The quantitative estimate of drug-likeness (QED) is 0.736. The summed E-state index contributed by atoms with van der Waals surface area (Å²) in [4.78, 5) is 23.8. The van der Waals surface area contributed by atoms with Crippen LogP contribution in [0.3, 0.4) is 0 Å². The van der Waals surface area contributed by atoms with Crippen molar-refractivity contribution in [1.82, 2.24) is 10.6 Å². The summed E-state index contributed by atoms with van der Waals surface area (Å²) in [6.07, 6.45) is 6.00. The van der Waals surface area contributed by atoms with Gasteiger partial charge in [0.15, 0.2) is 5.78 Å². The Hall–Kier alpha value is -0.940. The number of rotatable bonds is 6. The Balaban J connectivity index is 1.66. The predicted octanol–water partition coefficient (Wildman–Crippen LogP) is 1.91. The highest BCUT2D eigenvalue weighted by atomic mass is 35.5. The van der Waals surface area contributed by atoms with Crippen molar-refractivity contribution in [1.29, 1.82) is 0 Å². The summed E-state index contributed by atoms with van der Waals surface area (Å²) < 4.78 is 0. The third-order valence-corrected chi connectivity index (χ3v) is 4.49. The summed E-state index contributed by atoms with van der Waals surface area (Å²) in [5.41, 5.74) is 1.06. The summed E-state index contributed by atoms with van der Waals surface area (Å²) in [7, 11) is 0. The molecule has 1 amide bonds. The SMILES string of the molecule is O=C1C=CC2=C(C1)SC(CCNC(=O)CCCCl)N2. The molecular formula is C13H17ClN2O2S. The van der Waals surface area contributed by atoms with E-state index < -0.39 is 0 Å². The fraction of sp³-hybridized carbons (Fsp3) is 0.538. The first kappa shape index (κ1) is 14.5. The molecule has 0 bridgehead atoms. The average Bonchev–Trinajstić information content (AvgIpc) is 2.78. The van der Waals surface area contributed by atoms with Crippen molar-refractivity contribution in [2.75, 3.05) is 12.4 Å². The highest BCUT2D eigenvalue weighted by Crippen LogP contribution is 2.36. The lowest BCUT2D eigenvalue weighted by Gasteiger charge is -2.12. The molecule has 0 saturated heterocycles. The number of halogens is 1. The zero-order chi connectivity index (χ0) is 13.7. The Kier molecular flexibility index (Phi) is 5.34. The zero-order valence-electron chi connectivity index (χ0n) is 10.6. The summed E-state index contributed by atoms with van der Waals surface area (Å²) in [5.74, 6) is 0.726. The molecule has 4 nitrogen and oxygen atoms in total. The van der Waals surface area contributed by atoms with E-state index in [0.29, 0.717) is 31.7 Å². The van der Waals surface area contributed by atoms with E-state index >= 15 is 0 Å². The molecule has 0 aromatic carbocycles. The maximum Gasteiger partial charge on any atom is 0.220 e. The van der Waals surface area contributed by atoms with E-state index in [4.69, 9.17) is 11.6 Å². The largest absolute Gasteiger partial charge is 0.372 e. The van der Waals surface area contributed by atoms with Crippen LogP contribution in [0.2, 0.25) is 0 Å². The number of hydrogen-bond acceptors (Lipinski definition) is 4. The molecule has 1 aliphatic carbocycles. The van der Waals surface area contributed by atoms with Gasteiger partial charge in [-0.1, -0.05) is 0 Å². The van der Waals surface area contributed by atoms with Gasteiger partial charge in [0.1, 0.15) is 0 Å². The van der Waals surface area contributed by atoms with E-state index in [9.17, 15) is 9.59 Å². The van der Waals surface area contributed by atoms with Crippen LogP contribution in [-0.4, -0.2) is 29.5 Å². The monoisotopic (exact) mass is 300 g/mol. The van der Waals surface area contributed by atoms with Crippen LogP contribution < -0.4 is 10.6 Å². The van der Waals surface area contributed by atoms with Crippen LogP contribution in [0.4, 0.5) is 0 Å². The maximum atomic E-state index is 11.4. The minimum atomic E-state index is 0.0523. The van der Waals surface area contributed by atoms with Gasteiger partial charge in [-0.2, -0.15) is 0 Å². The lowest BCUT2D eigenvalue weighted by molar-refractivity contribution is -0.121. The van der Waals surface area contributed by atoms with Crippen molar-refractivity contribution in [3.63, 3.8) is 0 Å². The first-order chi connectivity index (χ1) is 9.19. The van der Waals surface area contributed by atoms with Gasteiger partial charge in [0.05, 0.1) is 5.37 Å². The molecule has 1 unspecified atom stereocenters. The van der Waals surface area contributed by atoms with Crippen molar-refractivity contribution in [3.8, 4) is 0 Å². The Morgan fingerprint density at radius 2 is 2.37 bits per heavy atom. The van der Waals surface area contributed by atoms with E-state index in [-0.39, 0.29) is 17.1 Å². The van der Waals surface area contributed by atoms with Crippen molar-refractivity contribution < 1.29 is 9.59 Å². The van der Waals surface area contributed by atoms with Crippen molar-refractivity contribution in [3.05, 3.63) is 22.8 Å². The molecule has 6 heteroatoms. The second kappa shape index (κ2) is 7.01. The number of carbonyl (C=O) groups excluding carboxylic acids is 2. The molecule has 0 fully saturated rings. The fourth-order valence-electron chi connectivity index (χ4n) is 1.98. The van der Waals surface area contributed by atoms with Crippen LogP contribution in [-0.2, 0) is 9.59 Å². The highest BCUT2D eigenvalue weighted by Gasteiger charge is 2.25. The molecule has 0 spiro atoms. The molecule has 0 aromatic rings. The van der Waals surface area contributed by atoms with E-state index in [0.717, 1.165) is 17.0 Å². The normalized spacial score (nSPS) is 21.3. The molecule has 1 atom stereocenters. The Bertz CT molecular complexity index is 434. The number of hydrogen-bond donors (Lipinski definition) is 2. The molecule has 0 aromatic heterocycles. The van der Waals surface area contributed by atoms with Gasteiger partial charge in [0, 0.05) is 35.9 Å². The second-order valence-corrected chi connectivity index (χ2v) is 6.17. The topological polar surface area (TPSA) is 58.2 Å². The molecule has 19 heavy (non-hydrogen) atoms. The summed E-state index contributed by atoms with van der Waals surface area (Å²) in [5, 5.41) is 6.49. The van der Waals surface area contributed by atoms with Gasteiger partial charge in [-0.05, 0) is 25.0 Å². The summed E-state index contributed by atoms with van der Waals surface area (Å²) in [6, 6.07) is 0. The summed E-state index contributed by atoms with van der Waals surface area (Å²) >= 11 is 7.22. The van der Waals surface area contributed by atoms with Gasteiger partial charge in [-0.3, -0.25) is 9.59 Å². The number of alkyl halides is 1. The molecule has 2 N–H and O–H groups in total. The van der Waals surface area contributed by atoms with Crippen LogP contribution in [0.25, 0.3) is 0 Å². The Labute approximate surface area is 122 Å². The number of carbonyl (C=O) groups is 2. The Morgan fingerprint density at radius 1 is 1.53 bits per heavy atom. The first-order valence-corrected chi connectivity index (χ1v) is 7.80. The molecule has 1 heterocycles. The van der Waals surface area contributed by atoms with Crippen molar-refractivity contribution in [2.45, 2.75) is 31.1 Å². The third-order valence-electron chi connectivity index (χ3n) is 2.94. The zero-order valence-corrected chi connectivity index (χ0v) is 12.1. The Morgan fingerprint density at radius 3 is 3.16 bits per heavy atom. The van der Waals surface area contributed by atoms with Crippen LogP contribution in [0.1, 0.15) is 25.7 Å². The van der Waals surface area contributed by atoms with Gasteiger partial charge in [0.2, 0.25) is 5.91 Å². The predicted molar refractivity (Wildman–Crippen MR) is 77.9 cm³/mol. The smallest absolute Gasteiger partial charge is 0.220 e. The third kappa shape index (κ3) is 4.28. The van der Waals surface area contributed by atoms with Gasteiger partial charge < -0.3 is 10.6 Å². The highest BCUT2D eigenvalue weighted by molar-refractivity contribution is 8.03. The van der Waals surface area contributed by atoms with E-state index in [1.165, 1.54) is 0 Å². The van der Waals surface area contributed by atoms with Gasteiger partial charge in [-0.25, -0.2) is 0 Å². The molecule has 2 rings (SSSR count). The maximum absolute atomic E-state index is 11.4. The standard InChI is InChI=1S/C13H17ClN2O2S/c14-6-1-2-12(18)15-7-5-13-16-10-4-3-9(17)8-11(10)19-13/h3-4,13,16H,1-2,5-8H2,(H,15,18). The second-order valence-electron chi connectivity index (χ2n) is 4.50. The van der Waals surface area contributed by atoms with E-state index in [1.807, 2.05) is 6.08 Å². The number of allylic oxidation sites excluding steroid dienone is 3. The molecule has 1 aliphatic heterocycles. The molecule has 0 saturated carbocycles. The summed E-state index contributed by atoms with van der Waals surface area (Å²) in [6.45, 7) is 0.643. The number of nitrogens with one attached hydrogen (secondary N) is 2. The lowest BCUT2D eigenvalue weighted by Crippen LogP contribution is -2.29. The van der Waals surface area contributed by atoms with Crippen molar-refractivity contribution in [2.24, 2.45) is 0 Å². The van der Waals surface area contributed by atoms with E-state index in [2.05, 4.69) is 10.6 Å². The number of ketones is 1. The molecular weight excluding hydrogens is 284 g/mol. The first-order valence-electron chi connectivity index (χ1n) is 6.39. The number of amides is 1. The van der Waals surface area contributed by atoms with Gasteiger partial charge >= 0.3 is 0 Å². The minimum Gasteiger partial charge on any atom is -0.372 e. The van der Waals surface area contributed by atoms with Crippen molar-refractivity contribution >= 4 is 35.1 Å². The van der Waals surface area contributed by atoms with Gasteiger partial charge in [-0.15, -0.1) is 23.4 Å². The lowest BCUT2D eigenvalue weighted by atomic mass is 10.1. The van der Waals surface area contributed by atoms with Crippen LogP contribution in [0.15, 0.2) is 22.8 Å². The average molecular weight is 301 g/mol. The van der Waals surface area contributed by atoms with Crippen LogP contribution in [0, 0.1) is 0 Å². The molecule has 104 valence electrons. The van der Waals surface area contributed by atoms with E-state index in [1.54, 1.807) is 17.8 Å². The van der Waals surface area contributed by atoms with Gasteiger partial charge in [0.25, 0.3) is 0 Å². The van der Waals surface area contributed by atoms with Crippen LogP contribution >= 0.6 is 23.4 Å². The molecule has 0 radical (unpaired) electrons. The number of thioether (sulfide) groups is 1.